The molecule has 2 aromatic heterocycles. The van der Waals surface area contributed by atoms with Gasteiger partial charge in [0.25, 0.3) is 5.91 Å². The number of amides is 2. The van der Waals surface area contributed by atoms with Crippen molar-refractivity contribution >= 4 is 45.0 Å². The van der Waals surface area contributed by atoms with Gasteiger partial charge in [0.2, 0.25) is 5.91 Å². The molecule has 0 saturated heterocycles. The fourth-order valence-electron chi connectivity index (χ4n) is 3.73. The third-order valence-electron chi connectivity index (χ3n) is 5.36. The van der Waals surface area contributed by atoms with Crippen LogP contribution in [0.4, 0.5) is 0 Å². The number of halogens is 1. The second-order valence-corrected chi connectivity index (χ2v) is 8.67. The Morgan fingerprint density at radius 3 is 2.79 bits per heavy atom. The largest absolute Gasteiger partial charge is 0.383 e. The molecule has 1 aromatic carbocycles. The van der Waals surface area contributed by atoms with E-state index in [1.165, 1.54) is 0 Å². The van der Waals surface area contributed by atoms with Crippen LogP contribution in [0.15, 0.2) is 41.8 Å². The minimum absolute atomic E-state index is 0.154. The number of hydrogen-bond donors (Lipinski definition) is 1. The highest BCUT2D eigenvalue weighted by Gasteiger charge is 2.47. The van der Waals surface area contributed by atoms with Crippen LogP contribution in [0.2, 0.25) is 5.02 Å². The van der Waals surface area contributed by atoms with E-state index in [1.54, 1.807) is 35.5 Å². The SMILES string of the molecule is COCCNC(=O)C1(C)Cn2c(cc3ccsc32)C(=O)N1Cc1ccc(Cl)cc1. The van der Waals surface area contributed by atoms with Gasteiger partial charge < -0.3 is 19.5 Å². The molecule has 0 radical (unpaired) electrons. The number of methoxy groups -OCH3 is 1. The Balaban J connectivity index is 1.73. The molecule has 1 unspecified atom stereocenters. The van der Waals surface area contributed by atoms with Crippen LogP contribution >= 0.6 is 22.9 Å². The quantitative estimate of drug-likeness (QED) is 0.607. The topological polar surface area (TPSA) is 63.6 Å². The van der Waals surface area contributed by atoms with Crippen molar-refractivity contribution < 1.29 is 14.3 Å². The van der Waals surface area contributed by atoms with Crippen molar-refractivity contribution in [2.75, 3.05) is 20.3 Å². The van der Waals surface area contributed by atoms with E-state index >= 15 is 0 Å². The highest BCUT2D eigenvalue weighted by molar-refractivity contribution is 7.16. The molecule has 29 heavy (non-hydrogen) atoms. The summed E-state index contributed by atoms with van der Waals surface area (Å²) in [6.45, 7) is 3.34. The zero-order chi connectivity index (χ0) is 20.6. The van der Waals surface area contributed by atoms with E-state index in [1.807, 2.05) is 41.1 Å². The van der Waals surface area contributed by atoms with Crippen LogP contribution in [0.25, 0.3) is 10.2 Å². The Morgan fingerprint density at radius 1 is 1.31 bits per heavy atom. The average Bonchev–Trinajstić information content (AvgIpc) is 3.29. The Morgan fingerprint density at radius 2 is 2.07 bits per heavy atom. The van der Waals surface area contributed by atoms with E-state index < -0.39 is 5.54 Å². The van der Waals surface area contributed by atoms with Crippen molar-refractivity contribution in [3.05, 3.63) is 58.1 Å². The summed E-state index contributed by atoms with van der Waals surface area (Å²) in [5.41, 5.74) is 0.497. The predicted octanol–water partition coefficient (Wildman–Crippen LogP) is 3.53. The van der Waals surface area contributed by atoms with E-state index in [0.717, 1.165) is 15.8 Å². The van der Waals surface area contributed by atoms with Crippen LogP contribution in [0.1, 0.15) is 23.0 Å². The second kappa shape index (κ2) is 7.82. The monoisotopic (exact) mass is 431 g/mol. The Kier molecular flexibility index (Phi) is 5.38. The first-order valence-electron chi connectivity index (χ1n) is 9.34. The molecule has 1 aliphatic rings. The van der Waals surface area contributed by atoms with E-state index in [-0.39, 0.29) is 11.8 Å². The number of carbonyl (C=O) groups excluding carboxylic acids is 2. The lowest BCUT2D eigenvalue weighted by atomic mass is 9.94. The summed E-state index contributed by atoms with van der Waals surface area (Å²) in [5, 5.41) is 6.57. The van der Waals surface area contributed by atoms with Crippen molar-refractivity contribution in [1.82, 2.24) is 14.8 Å². The molecule has 0 spiro atoms. The predicted molar refractivity (Wildman–Crippen MR) is 114 cm³/mol. The zero-order valence-electron chi connectivity index (χ0n) is 16.3. The van der Waals surface area contributed by atoms with Gasteiger partial charge in [-0.05, 0) is 42.1 Å². The lowest BCUT2D eigenvalue weighted by Gasteiger charge is -2.44. The highest BCUT2D eigenvalue weighted by atomic mass is 35.5. The maximum Gasteiger partial charge on any atom is 0.271 e. The van der Waals surface area contributed by atoms with Crippen LogP contribution in [0, 0.1) is 0 Å². The minimum Gasteiger partial charge on any atom is -0.383 e. The van der Waals surface area contributed by atoms with Crippen molar-refractivity contribution in [2.24, 2.45) is 0 Å². The fourth-order valence-corrected chi connectivity index (χ4v) is 4.76. The van der Waals surface area contributed by atoms with E-state index in [9.17, 15) is 9.59 Å². The van der Waals surface area contributed by atoms with E-state index in [4.69, 9.17) is 16.3 Å². The zero-order valence-corrected chi connectivity index (χ0v) is 17.8. The summed E-state index contributed by atoms with van der Waals surface area (Å²) in [5.74, 6) is -0.347. The molecule has 8 heteroatoms. The number of benzene rings is 1. The second-order valence-electron chi connectivity index (χ2n) is 7.34. The molecule has 0 bridgehead atoms. The fraction of sp³-hybridized carbons (Fsp3) is 0.333. The molecule has 4 rings (SSSR count). The van der Waals surface area contributed by atoms with E-state index in [2.05, 4.69) is 5.32 Å². The van der Waals surface area contributed by atoms with Gasteiger partial charge in [-0.2, -0.15) is 0 Å². The van der Waals surface area contributed by atoms with Crippen LogP contribution in [-0.2, 0) is 22.6 Å². The average molecular weight is 432 g/mol. The van der Waals surface area contributed by atoms with Gasteiger partial charge in [-0.3, -0.25) is 9.59 Å². The lowest BCUT2D eigenvalue weighted by molar-refractivity contribution is -0.133. The summed E-state index contributed by atoms with van der Waals surface area (Å²) in [4.78, 5) is 29.4. The Bertz CT molecular complexity index is 1060. The molecule has 0 saturated carbocycles. The normalized spacial score (nSPS) is 18.9. The third kappa shape index (κ3) is 3.54. The number of nitrogens with zero attached hydrogens (tertiary/aromatic N) is 2. The van der Waals surface area contributed by atoms with Gasteiger partial charge >= 0.3 is 0 Å². The smallest absolute Gasteiger partial charge is 0.271 e. The van der Waals surface area contributed by atoms with Gasteiger partial charge in [-0.1, -0.05) is 23.7 Å². The molecule has 6 nitrogen and oxygen atoms in total. The molecule has 152 valence electrons. The third-order valence-corrected chi connectivity index (χ3v) is 6.57. The van der Waals surface area contributed by atoms with Gasteiger partial charge in [0.1, 0.15) is 16.1 Å². The highest BCUT2D eigenvalue weighted by Crippen LogP contribution is 2.35. The van der Waals surface area contributed by atoms with Crippen LogP contribution < -0.4 is 5.32 Å². The number of ether oxygens (including phenoxy) is 1. The minimum atomic E-state index is -1.03. The molecular formula is C21H22ClN3O3S. The number of rotatable bonds is 6. The van der Waals surface area contributed by atoms with Crippen molar-refractivity contribution in [2.45, 2.75) is 25.6 Å². The Labute approximate surface area is 178 Å². The summed E-state index contributed by atoms with van der Waals surface area (Å²) in [6, 6.07) is 11.2. The number of aromatic nitrogens is 1. The van der Waals surface area contributed by atoms with Gasteiger partial charge in [0, 0.05) is 30.6 Å². The van der Waals surface area contributed by atoms with Crippen molar-refractivity contribution in [1.29, 1.82) is 0 Å². The number of fused-ring (bicyclic) bond motifs is 3. The van der Waals surface area contributed by atoms with Crippen LogP contribution in [-0.4, -0.2) is 47.1 Å². The Hall–Kier alpha value is -2.35. The van der Waals surface area contributed by atoms with Crippen LogP contribution in [0.5, 0.6) is 0 Å². The van der Waals surface area contributed by atoms with Gasteiger partial charge in [-0.15, -0.1) is 11.3 Å². The first-order valence-corrected chi connectivity index (χ1v) is 10.6. The summed E-state index contributed by atoms with van der Waals surface area (Å²) >= 11 is 7.58. The molecule has 1 aliphatic heterocycles. The maximum absolute atomic E-state index is 13.5. The first kappa shape index (κ1) is 19.9. The molecule has 3 heterocycles. The van der Waals surface area contributed by atoms with Gasteiger partial charge in [0.15, 0.2) is 0 Å². The molecule has 3 aromatic rings. The first-order chi connectivity index (χ1) is 13.9. The van der Waals surface area contributed by atoms with E-state index in [0.29, 0.717) is 37.0 Å². The molecule has 0 fully saturated rings. The molecule has 1 atom stereocenters. The number of thiophene rings is 1. The summed E-state index contributed by atoms with van der Waals surface area (Å²) in [7, 11) is 1.59. The summed E-state index contributed by atoms with van der Waals surface area (Å²) < 4.78 is 7.02. The molecule has 1 N–H and O–H groups in total. The van der Waals surface area contributed by atoms with Crippen molar-refractivity contribution in [3.63, 3.8) is 0 Å². The summed E-state index contributed by atoms with van der Waals surface area (Å²) in [6.07, 6.45) is 0. The molecular weight excluding hydrogens is 410 g/mol. The number of carbonyl (C=O) groups is 2. The number of nitrogens with one attached hydrogen (secondary N) is 1. The van der Waals surface area contributed by atoms with Gasteiger partial charge in [-0.25, -0.2) is 0 Å². The maximum atomic E-state index is 13.5. The molecule has 0 aliphatic carbocycles. The standard InChI is InChI=1S/C21H22ClN3O3S/c1-21(20(27)23-8-9-28-2)13-24-17(11-15-7-10-29-19(15)24)18(26)25(21)12-14-3-5-16(22)6-4-14/h3-7,10-11H,8-9,12-13H2,1-2H3,(H,23,27). The lowest BCUT2D eigenvalue weighted by Crippen LogP contribution is -2.63. The molecule has 2 amide bonds. The van der Waals surface area contributed by atoms with Crippen LogP contribution in [0.3, 0.4) is 0 Å². The van der Waals surface area contributed by atoms with Crippen molar-refractivity contribution in [3.8, 4) is 0 Å². The number of hydrogen-bond acceptors (Lipinski definition) is 4. The van der Waals surface area contributed by atoms with Gasteiger partial charge in [0.05, 0.1) is 13.2 Å².